The Morgan fingerprint density at radius 1 is 1.11 bits per heavy atom. The fourth-order valence-electron chi connectivity index (χ4n) is 2.89. The minimum absolute atomic E-state index is 0.195. The average Bonchev–Trinajstić information content (AvgIpc) is 2.69. The van der Waals surface area contributed by atoms with E-state index in [0.29, 0.717) is 36.3 Å². The molecule has 0 heterocycles. The zero-order valence-electron chi connectivity index (χ0n) is 16.4. The third kappa shape index (κ3) is 5.18. The number of sulfonamides is 1. The third-order valence-corrected chi connectivity index (χ3v) is 6.71. The minimum Gasteiger partial charge on any atom is -0.326 e. The van der Waals surface area contributed by atoms with Gasteiger partial charge in [0.1, 0.15) is 0 Å². The molecule has 2 rings (SSSR count). The SMILES string of the molecule is CCN(CC)S(=O)(=O)c1cc(NC(=O)CCc2ccc(C#N)cc2)ccc1C. The Bertz CT molecular complexity index is 973. The number of aryl methyl sites for hydroxylation is 2. The number of benzene rings is 2. The lowest BCUT2D eigenvalue weighted by molar-refractivity contribution is -0.116. The molecule has 0 saturated heterocycles. The van der Waals surface area contributed by atoms with Crippen molar-refractivity contribution in [2.75, 3.05) is 18.4 Å². The summed E-state index contributed by atoms with van der Waals surface area (Å²) >= 11 is 0. The summed E-state index contributed by atoms with van der Waals surface area (Å²) in [6.45, 7) is 6.11. The van der Waals surface area contributed by atoms with Gasteiger partial charge in [0.15, 0.2) is 0 Å². The smallest absolute Gasteiger partial charge is 0.243 e. The van der Waals surface area contributed by atoms with Crippen LogP contribution in [-0.4, -0.2) is 31.7 Å². The number of rotatable bonds is 8. The van der Waals surface area contributed by atoms with Crippen molar-refractivity contribution in [2.45, 2.75) is 38.5 Å². The predicted molar refractivity (Wildman–Crippen MR) is 109 cm³/mol. The van der Waals surface area contributed by atoms with E-state index in [2.05, 4.69) is 11.4 Å². The van der Waals surface area contributed by atoms with Crippen LogP contribution in [0, 0.1) is 18.3 Å². The van der Waals surface area contributed by atoms with E-state index < -0.39 is 10.0 Å². The van der Waals surface area contributed by atoms with Gasteiger partial charge in [-0.15, -0.1) is 0 Å². The quantitative estimate of drug-likeness (QED) is 0.736. The number of hydrogen-bond acceptors (Lipinski definition) is 4. The zero-order valence-corrected chi connectivity index (χ0v) is 17.2. The molecule has 7 heteroatoms. The lowest BCUT2D eigenvalue weighted by Crippen LogP contribution is -2.31. The molecule has 0 fully saturated rings. The van der Waals surface area contributed by atoms with Crippen molar-refractivity contribution in [2.24, 2.45) is 0 Å². The number of nitrogens with one attached hydrogen (secondary N) is 1. The third-order valence-electron chi connectivity index (χ3n) is 4.52. The molecular weight excluding hydrogens is 374 g/mol. The first-order chi connectivity index (χ1) is 13.3. The Labute approximate surface area is 166 Å². The van der Waals surface area contributed by atoms with Crippen LogP contribution in [0.25, 0.3) is 0 Å². The summed E-state index contributed by atoms with van der Waals surface area (Å²) in [7, 11) is -3.60. The summed E-state index contributed by atoms with van der Waals surface area (Å²) < 4.78 is 27.0. The molecular formula is C21H25N3O3S. The Balaban J connectivity index is 2.09. The summed E-state index contributed by atoms with van der Waals surface area (Å²) in [6, 6.07) is 14.1. The van der Waals surface area contributed by atoms with Crippen LogP contribution in [0.1, 0.15) is 37.0 Å². The predicted octanol–water partition coefficient (Wildman–Crippen LogP) is 3.47. The number of hydrogen-bond donors (Lipinski definition) is 1. The first kappa shape index (κ1) is 21.6. The van der Waals surface area contributed by atoms with E-state index in [1.54, 1.807) is 45.0 Å². The first-order valence-corrected chi connectivity index (χ1v) is 10.7. The summed E-state index contributed by atoms with van der Waals surface area (Å²) in [5, 5.41) is 11.6. The van der Waals surface area contributed by atoms with Crippen LogP contribution in [-0.2, 0) is 21.2 Å². The minimum atomic E-state index is -3.60. The van der Waals surface area contributed by atoms with Gasteiger partial charge in [0.2, 0.25) is 15.9 Å². The van der Waals surface area contributed by atoms with Gasteiger partial charge in [0.25, 0.3) is 0 Å². The molecule has 2 aromatic carbocycles. The van der Waals surface area contributed by atoms with Gasteiger partial charge in [-0.2, -0.15) is 9.57 Å². The van der Waals surface area contributed by atoms with Gasteiger partial charge in [0.05, 0.1) is 16.5 Å². The van der Waals surface area contributed by atoms with Crippen molar-refractivity contribution in [3.8, 4) is 6.07 Å². The standard InChI is InChI=1S/C21H25N3O3S/c1-4-24(5-2)28(26,27)20-14-19(12-6-16(20)3)23-21(25)13-11-17-7-9-18(15-22)10-8-17/h6-10,12,14H,4-5,11,13H2,1-3H3,(H,23,25). The highest BCUT2D eigenvalue weighted by atomic mass is 32.2. The lowest BCUT2D eigenvalue weighted by atomic mass is 10.1. The van der Waals surface area contributed by atoms with Crippen molar-refractivity contribution in [1.82, 2.24) is 4.31 Å². The average molecular weight is 400 g/mol. The van der Waals surface area contributed by atoms with E-state index in [0.717, 1.165) is 5.56 Å². The molecule has 28 heavy (non-hydrogen) atoms. The van der Waals surface area contributed by atoms with Crippen molar-refractivity contribution < 1.29 is 13.2 Å². The van der Waals surface area contributed by atoms with Crippen LogP contribution in [0.4, 0.5) is 5.69 Å². The molecule has 1 N–H and O–H groups in total. The Hall–Kier alpha value is -2.69. The maximum Gasteiger partial charge on any atom is 0.243 e. The van der Waals surface area contributed by atoms with Gasteiger partial charge in [-0.05, 0) is 48.7 Å². The molecule has 0 aliphatic heterocycles. The fraction of sp³-hybridized carbons (Fsp3) is 0.333. The molecule has 0 aliphatic rings. The van der Waals surface area contributed by atoms with Crippen LogP contribution in [0.3, 0.4) is 0 Å². The largest absolute Gasteiger partial charge is 0.326 e. The molecule has 2 aromatic rings. The van der Waals surface area contributed by atoms with Crippen molar-refractivity contribution in [1.29, 1.82) is 5.26 Å². The van der Waals surface area contributed by atoms with Gasteiger partial charge < -0.3 is 5.32 Å². The van der Waals surface area contributed by atoms with Crippen LogP contribution < -0.4 is 5.32 Å². The molecule has 0 bridgehead atoms. The van der Waals surface area contributed by atoms with Crippen molar-refractivity contribution in [3.63, 3.8) is 0 Å². The van der Waals surface area contributed by atoms with E-state index in [1.807, 2.05) is 12.1 Å². The van der Waals surface area contributed by atoms with Gasteiger partial charge in [-0.1, -0.05) is 32.0 Å². The lowest BCUT2D eigenvalue weighted by Gasteiger charge is -2.20. The van der Waals surface area contributed by atoms with Gasteiger partial charge in [-0.25, -0.2) is 8.42 Å². The number of nitrogens with zero attached hydrogens (tertiary/aromatic N) is 2. The van der Waals surface area contributed by atoms with Gasteiger partial charge >= 0.3 is 0 Å². The molecule has 1 amide bonds. The molecule has 0 aromatic heterocycles. The Kier molecular flexibility index (Phi) is 7.32. The Morgan fingerprint density at radius 3 is 2.32 bits per heavy atom. The summed E-state index contributed by atoms with van der Waals surface area (Å²) in [4.78, 5) is 12.5. The second-order valence-corrected chi connectivity index (χ2v) is 8.33. The molecule has 0 radical (unpaired) electrons. The van der Waals surface area contributed by atoms with E-state index in [-0.39, 0.29) is 17.2 Å². The molecule has 0 unspecified atom stereocenters. The molecule has 0 aliphatic carbocycles. The number of carbonyl (C=O) groups excluding carboxylic acids is 1. The number of carbonyl (C=O) groups is 1. The van der Waals surface area contributed by atoms with Gasteiger partial charge in [-0.3, -0.25) is 4.79 Å². The Morgan fingerprint density at radius 2 is 1.75 bits per heavy atom. The number of amides is 1. The van der Waals surface area contributed by atoms with Gasteiger partial charge in [0, 0.05) is 25.2 Å². The van der Waals surface area contributed by atoms with Crippen LogP contribution in [0.2, 0.25) is 0 Å². The molecule has 0 spiro atoms. The fourth-order valence-corrected chi connectivity index (χ4v) is 4.59. The topological polar surface area (TPSA) is 90.3 Å². The van der Waals surface area contributed by atoms with E-state index >= 15 is 0 Å². The first-order valence-electron chi connectivity index (χ1n) is 9.21. The molecule has 6 nitrogen and oxygen atoms in total. The summed E-state index contributed by atoms with van der Waals surface area (Å²) in [5.41, 5.74) is 2.64. The normalized spacial score (nSPS) is 11.2. The zero-order chi connectivity index (χ0) is 20.7. The highest BCUT2D eigenvalue weighted by molar-refractivity contribution is 7.89. The molecule has 0 atom stereocenters. The van der Waals surface area contributed by atoms with E-state index in [4.69, 9.17) is 5.26 Å². The maximum absolute atomic E-state index is 12.8. The molecule has 0 saturated carbocycles. The second kappa shape index (κ2) is 9.49. The molecule has 148 valence electrons. The number of anilines is 1. The highest BCUT2D eigenvalue weighted by Crippen LogP contribution is 2.23. The van der Waals surface area contributed by atoms with Crippen molar-refractivity contribution >= 4 is 21.6 Å². The summed E-state index contributed by atoms with van der Waals surface area (Å²) in [6.07, 6.45) is 0.798. The van der Waals surface area contributed by atoms with E-state index in [1.165, 1.54) is 10.4 Å². The van der Waals surface area contributed by atoms with Crippen LogP contribution >= 0.6 is 0 Å². The van der Waals surface area contributed by atoms with E-state index in [9.17, 15) is 13.2 Å². The monoisotopic (exact) mass is 399 g/mol. The van der Waals surface area contributed by atoms with Crippen molar-refractivity contribution in [3.05, 3.63) is 59.2 Å². The number of nitriles is 1. The summed E-state index contributed by atoms with van der Waals surface area (Å²) in [5.74, 6) is -0.195. The maximum atomic E-state index is 12.8. The van der Waals surface area contributed by atoms with Crippen LogP contribution in [0.15, 0.2) is 47.4 Å². The second-order valence-electron chi connectivity index (χ2n) is 6.43. The van der Waals surface area contributed by atoms with Crippen LogP contribution in [0.5, 0.6) is 0 Å². The highest BCUT2D eigenvalue weighted by Gasteiger charge is 2.24.